The van der Waals surface area contributed by atoms with Crippen molar-refractivity contribution in [2.45, 2.75) is 33.2 Å². The molecule has 86 valence electrons. The van der Waals surface area contributed by atoms with E-state index in [1.165, 1.54) is 6.20 Å². The average Bonchev–Trinajstić information content (AvgIpc) is 2.13. The molecule has 3 N–H and O–H groups in total. The largest absolute Gasteiger partial charge is 0.480 e. The van der Waals surface area contributed by atoms with Crippen LogP contribution in [-0.4, -0.2) is 23.1 Å². The van der Waals surface area contributed by atoms with Crippen molar-refractivity contribution >= 4 is 12.0 Å². The van der Waals surface area contributed by atoms with E-state index in [0.29, 0.717) is 0 Å². The average molecular weight is 214 g/mol. The van der Waals surface area contributed by atoms with Crippen LogP contribution in [0, 0.1) is 5.92 Å². The molecule has 1 unspecified atom stereocenters. The first-order valence-electron chi connectivity index (χ1n) is 4.93. The number of carboxylic acids is 1. The van der Waals surface area contributed by atoms with Crippen LogP contribution < -0.4 is 10.6 Å². The minimum absolute atomic E-state index is 0.150. The lowest BCUT2D eigenvalue weighted by Crippen LogP contribution is -2.47. The van der Waals surface area contributed by atoms with Gasteiger partial charge in [0.1, 0.15) is 6.04 Å². The topological polar surface area (TPSA) is 78.4 Å². The molecule has 0 heterocycles. The summed E-state index contributed by atoms with van der Waals surface area (Å²) in [6.45, 7) is 5.41. The van der Waals surface area contributed by atoms with Gasteiger partial charge in [-0.2, -0.15) is 0 Å². The van der Waals surface area contributed by atoms with Crippen LogP contribution >= 0.6 is 0 Å². The van der Waals surface area contributed by atoms with E-state index in [2.05, 4.69) is 10.6 Å². The van der Waals surface area contributed by atoms with Crippen molar-refractivity contribution in [3.63, 3.8) is 0 Å². The zero-order valence-corrected chi connectivity index (χ0v) is 9.28. The number of aliphatic carboxylic acids is 1. The van der Waals surface area contributed by atoms with Gasteiger partial charge >= 0.3 is 12.0 Å². The number of nitrogens with one attached hydrogen (secondary N) is 2. The maximum atomic E-state index is 11.2. The number of allylic oxidation sites excluding steroid dienone is 1. The Morgan fingerprint density at radius 3 is 2.40 bits per heavy atom. The van der Waals surface area contributed by atoms with E-state index in [1.54, 1.807) is 19.9 Å². The van der Waals surface area contributed by atoms with Crippen LogP contribution in [0.5, 0.6) is 0 Å². The van der Waals surface area contributed by atoms with Gasteiger partial charge in [-0.05, 0) is 12.3 Å². The first-order chi connectivity index (χ1) is 6.99. The van der Waals surface area contributed by atoms with Gasteiger partial charge in [-0.1, -0.05) is 26.8 Å². The molecule has 0 saturated heterocycles. The predicted octanol–water partition coefficient (Wildman–Crippen LogP) is 1.32. The van der Waals surface area contributed by atoms with Gasteiger partial charge in [-0.25, -0.2) is 9.59 Å². The number of carbonyl (C=O) groups is 2. The first kappa shape index (κ1) is 13.5. The number of hydrogen-bond donors (Lipinski definition) is 3. The van der Waals surface area contributed by atoms with E-state index >= 15 is 0 Å². The first-order valence-corrected chi connectivity index (χ1v) is 4.93. The lowest BCUT2D eigenvalue weighted by atomic mass is 10.1. The van der Waals surface area contributed by atoms with E-state index in [4.69, 9.17) is 5.11 Å². The van der Waals surface area contributed by atoms with Crippen molar-refractivity contribution in [1.29, 1.82) is 0 Å². The number of hydrogen-bond acceptors (Lipinski definition) is 2. The molecule has 0 aromatic heterocycles. The molecule has 1 atom stereocenters. The Kier molecular flexibility index (Phi) is 6.17. The van der Waals surface area contributed by atoms with E-state index < -0.39 is 18.0 Å². The fourth-order valence-corrected chi connectivity index (χ4v) is 0.949. The molecule has 0 saturated carbocycles. The third-order valence-electron chi connectivity index (χ3n) is 1.79. The number of carboxylic acid groups (broad SMARTS) is 1. The predicted molar refractivity (Wildman–Crippen MR) is 57.4 cm³/mol. The van der Waals surface area contributed by atoms with Crippen molar-refractivity contribution in [2.24, 2.45) is 5.92 Å². The maximum Gasteiger partial charge on any atom is 0.326 e. The molecule has 0 radical (unpaired) electrons. The zero-order valence-electron chi connectivity index (χ0n) is 9.28. The quantitative estimate of drug-likeness (QED) is 0.645. The van der Waals surface area contributed by atoms with Gasteiger partial charge in [-0.3, -0.25) is 0 Å². The second-order valence-electron chi connectivity index (χ2n) is 3.49. The second kappa shape index (κ2) is 6.86. The minimum Gasteiger partial charge on any atom is -0.480 e. The molecule has 0 aromatic rings. The monoisotopic (exact) mass is 214 g/mol. The van der Waals surface area contributed by atoms with Crippen molar-refractivity contribution < 1.29 is 14.7 Å². The van der Waals surface area contributed by atoms with E-state index in [0.717, 1.165) is 6.42 Å². The van der Waals surface area contributed by atoms with E-state index in [-0.39, 0.29) is 5.92 Å². The molecule has 0 bridgehead atoms. The van der Waals surface area contributed by atoms with Crippen molar-refractivity contribution in [3.8, 4) is 0 Å². The van der Waals surface area contributed by atoms with Gasteiger partial charge in [-0.15, -0.1) is 0 Å². The van der Waals surface area contributed by atoms with Gasteiger partial charge < -0.3 is 15.7 Å². The number of rotatable bonds is 5. The fraction of sp³-hybridized carbons (Fsp3) is 0.600. The molecule has 5 nitrogen and oxygen atoms in total. The standard InChI is InChI=1S/C10H18N2O3/c1-4-5-6-11-10(15)12-8(7(2)3)9(13)14/h5-8H,4H2,1-3H3,(H,13,14)(H2,11,12,15)/b6-5+. The maximum absolute atomic E-state index is 11.2. The van der Waals surface area contributed by atoms with Gasteiger partial charge in [0, 0.05) is 6.20 Å². The molecule has 0 spiro atoms. The summed E-state index contributed by atoms with van der Waals surface area (Å²) >= 11 is 0. The van der Waals surface area contributed by atoms with Crippen molar-refractivity contribution in [2.75, 3.05) is 0 Å². The second-order valence-corrected chi connectivity index (χ2v) is 3.49. The molecule has 0 aromatic carbocycles. The summed E-state index contributed by atoms with van der Waals surface area (Å²) in [7, 11) is 0. The molecule has 0 rings (SSSR count). The molecule has 0 aliphatic rings. The summed E-state index contributed by atoms with van der Waals surface area (Å²) in [6, 6.07) is -1.36. The SMILES string of the molecule is CC/C=C/NC(=O)NC(C(=O)O)C(C)C. The van der Waals surface area contributed by atoms with Crippen LogP contribution in [0.4, 0.5) is 4.79 Å². The number of urea groups is 1. The normalized spacial score (nSPS) is 12.8. The Hall–Kier alpha value is -1.52. The van der Waals surface area contributed by atoms with Crippen LogP contribution in [0.1, 0.15) is 27.2 Å². The molecular weight excluding hydrogens is 196 g/mol. The molecule has 0 aliphatic heterocycles. The third kappa shape index (κ3) is 5.72. The molecule has 5 heteroatoms. The zero-order chi connectivity index (χ0) is 11.8. The Morgan fingerprint density at radius 2 is 2.00 bits per heavy atom. The number of amides is 2. The smallest absolute Gasteiger partial charge is 0.326 e. The summed E-state index contributed by atoms with van der Waals surface area (Å²) in [5.41, 5.74) is 0. The van der Waals surface area contributed by atoms with Gasteiger partial charge in [0.25, 0.3) is 0 Å². The van der Waals surface area contributed by atoms with E-state index in [1.807, 2.05) is 6.92 Å². The fourth-order valence-electron chi connectivity index (χ4n) is 0.949. The molecular formula is C10H18N2O3. The van der Waals surface area contributed by atoms with Gasteiger partial charge in [0.05, 0.1) is 0 Å². The third-order valence-corrected chi connectivity index (χ3v) is 1.79. The molecule has 0 fully saturated rings. The Balaban J connectivity index is 4.12. The lowest BCUT2D eigenvalue weighted by Gasteiger charge is -2.17. The Labute approximate surface area is 89.6 Å². The highest BCUT2D eigenvalue weighted by atomic mass is 16.4. The van der Waals surface area contributed by atoms with Crippen LogP contribution in [0.3, 0.4) is 0 Å². The molecule has 15 heavy (non-hydrogen) atoms. The van der Waals surface area contributed by atoms with Crippen LogP contribution in [-0.2, 0) is 4.79 Å². The summed E-state index contributed by atoms with van der Waals surface area (Å²) in [5.74, 6) is -1.18. The van der Waals surface area contributed by atoms with Crippen LogP contribution in [0.15, 0.2) is 12.3 Å². The van der Waals surface area contributed by atoms with Crippen molar-refractivity contribution in [3.05, 3.63) is 12.3 Å². The summed E-state index contributed by atoms with van der Waals surface area (Å²) < 4.78 is 0. The number of carbonyl (C=O) groups excluding carboxylic acids is 1. The highest BCUT2D eigenvalue weighted by Gasteiger charge is 2.22. The van der Waals surface area contributed by atoms with Gasteiger partial charge in [0.15, 0.2) is 0 Å². The minimum atomic E-state index is -1.03. The Morgan fingerprint density at radius 1 is 1.40 bits per heavy atom. The summed E-state index contributed by atoms with van der Waals surface area (Å²) in [4.78, 5) is 21.9. The van der Waals surface area contributed by atoms with Crippen LogP contribution in [0.25, 0.3) is 0 Å². The molecule has 2 amide bonds. The van der Waals surface area contributed by atoms with Crippen molar-refractivity contribution in [1.82, 2.24) is 10.6 Å². The van der Waals surface area contributed by atoms with Gasteiger partial charge in [0.2, 0.25) is 0 Å². The lowest BCUT2D eigenvalue weighted by molar-refractivity contribution is -0.140. The molecule has 0 aliphatic carbocycles. The summed E-state index contributed by atoms with van der Waals surface area (Å²) in [5, 5.41) is 13.6. The van der Waals surface area contributed by atoms with E-state index in [9.17, 15) is 9.59 Å². The summed E-state index contributed by atoms with van der Waals surface area (Å²) in [6.07, 6.45) is 4.08. The Bertz CT molecular complexity index is 249. The highest BCUT2D eigenvalue weighted by molar-refractivity contribution is 5.83. The van der Waals surface area contributed by atoms with Crippen LogP contribution in [0.2, 0.25) is 0 Å². The highest BCUT2D eigenvalue weighted by Crippen LogP contribution is 2.00.